The second kappa shape index (κ2) is 8.86. The molecular formula is C22H28N2O2. The van der Waals surface area contributed by atoms with E-state index in [9.17, 15) is 4.79 Å². The Bertz CT molecular complexity index is 744. The van der Waals surface area contributed by atoms with Gasteiger partial charge in [0, 0.05) is 13.1 Å². The van der Waals surface area contributed by atoms with E-state index in [4.69, 9.17) is 4.74 Å². The zero-order valence-corrected chi connectivity index (χ0v) is 15.7. The molecule has 0 aliphatic carbocycles. The summed E-state index contributed by atoms with van der Waals surface area (Å²) >= 11 is 0. The number of rotatable bonds is 7. The molecule has 1 fully saturated rings. The molecule has 1 aliphatic heterocycles. The van der Waals surface area contributed by atoms with Crippen LogP contribution in [0.25, 0.3) is 0 Å². The smallest absolute Gasteiger partial charge is 0.237 e. The van der Waals surface area contributed by atoms with Gasteiger partial charge in [-0.1, -0.05) is 42.0 Å². The second-order valence-electron chi connectivity index (χ2n) is 7.01. The van der Waals surface area contributed by atoms with Crippen molar-refractivity contribution in [1.29, 1.82) is 0 Å². The molecule has 1 atom stereocenters. The Morgan fingerprint density at radius 3 is 2.81 bits per heavy atom. The quantitative estimate of drug-likeness (QED) is 0.831. The van der Waals surface area contributed by atoms with E-state index in [0.29, 0.717) is 6.54 Å². The number of methoxy groups -OCH3 is 1. The van der Waals surface area contributed by atoms with E-state index in [2.05, 4.69) is 47.5 Å². The summed E-state index contributed by atoms with van der Waals surface area (Å²) < 4.78 is 5.25. The van der Waals surface area contributed by atoms with Gasteiger partial charge in [-0.25, -0.2) is 0 Å². The van der Waals surface area contributed by atoms with Crippen molar-refractivity contribution < 1.29 is 9.53 Å². The first kappa shape index (κ1) is 18.5. The molecule has 1 N–H and O–H groups in total. The summed E-state index contributed by atoms with van der Waals surface area (Å²) in [5, 5.41) is 3.12. The van der Waals surface area contributed by atoms with Gasteiger partial charge in [-0.15, -0.1) is 0 Å². The Morgan fingerprint density at radius 2 is 2.00 bits per heavy atom. The highest BCUT2D eigenvalue weighted by atomic mass is 16.5. The van der Waals surface area contributed by atoms with Crippen molar-refractivity contribution in [2.24, 2.45) is 0 Å². The van der Waals surface area contributed by atoms with Crippen LogP contribution in [0.1, 0.15) is 29.5 Å². The van der Waals surface area contributed by atoms with Crippen LogP contribution >= 0.6 is 0 Å². The Kier molecular flexibility index (Phi) is 6.29. The van der Waals surface area contributed by atoms with Crippen LogP contribution < -0.4 is 10.1 Å². The number of hydrogen-bond donors (Lipinski definition) is 1. The number of nitrogens with zero attached hydrogens (tertiary/aromatic N) is 1. The third-order valence-electron chi connectivity index (χ3n) is 4.98. The molecule has 1 saturated heterocycles. The number of aryl methyl sites for hydroxylation is 1. The summed E-state index contributed by atoms with van der Waals surface area (Å²) in [7, 11) is 1.67. The van der Waals surface area contributed by atoms with E-state index in [-0.39, 0.29) is 11.9 Å². The lowest BCUT2D eigenvalue weighted by molar-refractivity contribution is -0.125. The predicted molar refractivity (Wildman–Crippen MR) is 104 cm³/mol. The van der Waals surface area contributed by atoms with Crippen LogP contribution in [0.15, 0.2) is 48.5 Å². The lowest BCUT2D eigenvalue weighted by atomic mass is 10.1. The molecule has 26 heavy (non-hydrogen) atoms. The summed E-state index contributed by atoms with van der Waals surface area (Å²) in [5.41, 5.74) is 3.72. The van der Waals surface area contributed by atoms with Crippen LogP contribution in [0.4, 0.5) is 0 Å². The average Bonchev–Trinajstić information content (AvgIpc) is 3.10. The van der Waals surface area contributed by atoms with Gasteiger partial charge in [0.2, 0.25) is 5.91 Å². The number of carbonyl (C=O) groups excluding carboxylic acids is 1. The van der Waals surface area contributed by atoms with Gasteiger partial charge >= 0.3 is 0 Å². The fourth-order valence-corrected chi connectivity index (χ4v) is 3.63. The van der Waals surface area contributed by atoms with Gasteiger partial charge in [-0.3, -0.25) is 9.69 Å². The molecule has 1 unspecified atom stereocenters. The molecule has 0 spiro atoms. The molecule has 0 aromatic heterocycles. The number of hydrogen-bond acceptors (Lipinski definition) is 3. The molecule has 0 bridgehead atoms. The van der Waals surface area contributed by atoms with Crippen molar-refractivity contribution in [3.63, 3.8) is 0 Å². The van der Waals surface area contributed by atoms with Crippen LogP contribution in [-0.4, -0.2) is 37.0 Å². The second-order valence-corrected chi connectivity index (χ2v) is 7.01. The minimum absolute atomic E-state index is 0.0131. The number of ether oxygens (including phenoxy) is 1. The van der Waals surface area contributed by atoms with Crippen molar-refractivity contribution in [2.75, 3.05) is 20.2 Å². The highest BCUT2D eigenvalue weighted by Gasteiger charge is 2.30. The van der Waals surface area contributed by atoms with Crippen molar-refractivity contribution >= 4 is 5.91 Å². The minimum Gasteiger partial charge on any atom is -0.497 e. The summed E-state index contributed by atoms with van der Waals surface area (Å²) in [6, 6.07) is 16.5. The maximum atomic E-state index is 12.6. The number of likely N-dealkylation sites (tertiary alicyclic amines) is 1. The molecule has 3 rings (SSSR count). The number of nitrogens with one attached hydrogen (secondary N) is 1. The van der Waals surface area contributed by atoms with Gasteiger partial charge in [0.25, 0.3) is 0 Å². The summed E-state index contributed by atoms with van der Waals surface area (Å²) in [4.78, 5) is 14.9. The first-order valence-corrected chi connectivity index (χ1v) is 9.36. The fourth-order valence-electron chi connectivity index (χ4n) is 3.63. The number of benzene rings is 2. The SMILES string of the molecule is COc1cccc(CCNC(=O)C2CCCN2Cc2cccc(C)c2)c1. The summed E-state index contributed by atoms with van der Waals surface area (Å²) in [6.07, 6.45) is 2.84. The molecule has 1 heterocycles. The Labute approximate surface area is 156 Å². The average molecular weight is 352 g/mol. The molecule has 4 heteroatoms. The molecular weight excluding hydrogens is 324 g/mol. The molecule has 0 saturated carbocycles. The largest absolute Gasteiger partial charge is 0.497 e. The normalized spacial score (nSPS) is 17.2. The highest BCUT2D eigenvalue weighted by molar-refractivity contribution is 5.82. The Morgan fingerprint density at radius 1 is 1.19 bits per heavy atom. The lowest BCUT2D eigenvalue weighted by Gasteiger charge is -2.24. The predicted octanol–water partition coefficient (Wildman–Crippen LogP) is 3.33. The highest BCUT2D eigenvalue weighted by Crippen LogP contribution is 2.21. The van der Waals surface area contributed by atoms with E-state index < -0.39 is 0 Å². The van der Waals surface area contributed by atoms with Crippen molar-refractivity contribution in [2.45, 2.75) is 38.8 Å². The van der Waals surface area contributed by atoms with E-state index in [1.54, 1.807) is 7.11 Å². The fraction of sp³-hybridized carbons (Fsp3) is 0.409. The Hall–Kier alpha value is -2.33. The Balaban J connectivity index is 1.51. The van der Waals surface area contributed by atoms with Crippen molar-refractivity contribution in [3.05, 3.63) is 65.2 Å². The molecule has 138 valence electrons. The third kappa shape index (κ3) is 4.85. The van der Waals surface area contributed by atoms with E-state index >= 15 is 0 Å². The van der Waals surface area contributed by atoms with E-state index in [0.717, 1.165) is 38.1 Å². The molecule has 1 aliphatic rings. The zero-order chi connectivity index (χ0) is 18.4. The van der Waals surface area contributed by atoms with Crippen LogP contribution in [0.3, 0.4) is 0 Å². The van der Waals surface area contributed by atoms with Crippen LogP contribution in [-0.2, 0) is 17.8 Å². The zero-order valence-electron chi connectivity index (χ0n) is 15.7. The van der Waals surface area contributed by atoms with Gasteiger partial charge in [-0.05, 0) is 56.0 Å². The van der Waals surface area contributed by atoms with Crippen molar-refractivity contribution in [1.82, 2.24) is 10.2 Å². The molecule has 2 aromatic rings. The van der Waals surface area contributed by atoms with E-state index in [1.807, 2.05) is 18.2 Å². The molecule has 1 amide bonds. The van der Waals surface area contributed by atoms with Gasteiger partial charge in [0.1, 0.15) is 5.75 Å². The maximum Gasteiger partial charge on any atom is 0.237 e. The van der Waals surface area contributed by atoms with Gasteiger partial charge in [0.15, 0.2) is 0 Å². The van der Waals surface area contributed by atoms with E-state index in [1.165, 1.54) is 16.7 Å². The molecule has 2 aromatic carbocycles. The number of carbonyl (C=O) groups is 1. The van der Waals surface area contributed by atoms with Crippen LogP contribution in [0.2, 0.25) is 0 Å². The topological polar surface area (TPSA) is 41.6 Å². The molecule has 0 radical (unpaired) electrons. The number of amides is 1. The van der Waals surface area contributed by atoms with Crippen LogP contribution in [0, 0.1) is 6.92 Å². The molecule has 4 nitrogen and oxygen atoms in total. The maximum absolute atomic E-state index is 12.6. The van der Waals surface area contributed by atoms with Crippen molar-refractivity contribution in [3.8, 4) is 5.75 Å². The van der Waals surface area contributed by atoms with Gasteiger partial charge in [-0.2, -0.15) is 0 Å². The standard InChI is InChI=1S/C22H28N2O2/c1-17-6-3-8-19(14-17)16-24-13-5-10-21(24)22(25)23-12-11-18-7-4-9-20(15-18)26-2/h3-4,6-9,14-15,21H,5,10-13,16H2,1-2H3,(H,23,25). The summed E-state index contributed by atoms with van der Waals surface area (Å²) in [5.74, 6) is 1.01. The van der Waals surface area contributed by atoms with Gasteiger partial charge in [0.05, 0.1) is 13.2 Å². The monoisotopic (exact) mass is 352 g/mol. The lowest BCUT2D eigenvalue weighted by Crippen LogP contribution is -2.43. The first-order chi connectivity index (χ1) is 12.7. The van der Waals surface area contributed by atoms with Gasteiger partial charge < -0.3 is 10.1 Å². The summed E-state index contributed by atoms with van der Waals surface area (Å²) in [6.45, 7) is 4.59. The first-order valence-electron chi connectivity index (χ1n) is 9.36. The third-order valence-corrected chi connectivity index (χ3v) is 4.98. The minimum atomic E-state index is -0.0131. The van der Waals surface area contributed by atoms with Crippen LogP contribution in [0.5, 0.6) is 5.75 Å².